The highest BCUT2D eigenvalue weighted by Gasteiger charge is 2.16. The van der Waals surface area contributed by atoms with Crippen LogP contribution >= 0.6 is 0 Å². The molecule has 0 saturated carbocycles. The van der Waals surface area contributed by atoms with Gasteiger partial charge < -0.3 is 5.11 Å². The molecule has 0 radical (unpaired) electrons. The maximum atomic E-state index is 13.2. The number of carboxylic acid groups (broad SMARTS) is 1. The highest BCUT2D eigenvalue weighted by molar-refractivity contribution is 7.84. The topological polar surface area (TPSA) is 54.4 Å². The molecule has 0 spiro atoms. The van der Waals surface area contributed by atoms with E-state index in [-0.39, 0.29) is 17.1 Å². The molecule has 0 aliphatic rings. The summed E-state index contributed by atoms with van der Waals surface area (Å²) >= 11 is 0. The van der Waals surface area contributed by atoms with Crippen molar-refractivity contribution in [3.63, 3.8) is 0 Å². The smallest absolute Gasteiger partial charge is 0.307 e. The Bertz CT molecular complexity index is 448. The van der Waals surface area contributed by atoms with Crippen LogP contribution in [0.2, 0.25) is 0 Å². The van der Waals surface area contributed by atoms with Gasteiger partial charge in [-0.15, -0.1) is 0 Å². The van der Waals surface area contributed by atoms with Crippen molar-refractivity contribution in [3.05, 3.63) is 35.4 Å². The summed E-state index contributed by atoms with van der Waals surface area (Å²) in [5, 5.41) is 8.63. The minimum Gasteiger partial charge on any atom is -0.481 e. The fraction of sp³-hybridized carbons (Fsp3) is 0.364. The summed E-state index contributed by atoms with van der Waals surface area (Å²) in [7, 11) is -1.53. The molecule has 1 aromatic rings. The minimum atomic E-state index is -1.53. The van der Waals surface area contributed by atoms with Gasteiger partial charge in [0.1, 0.15) is 11.6 Å². The van der Waals surface area contributed by atoms with Crippen LogP contribution in [0.4, 0.5) is 8.78 Å². The molecule has 0 aliphatic heterocycles. The molecule has 1 rings (SSSR count). The Morgan fingerprint density at radius 2 is 2.12 bits per heavy atom. The van der Waals surface area contributed by atoms with Crippen LogP contribution < -0.4 is 0 Å². The molecule has 6 heteroatoms. The number of carboxylic acids is 1. The second kappa shape index (κ2) is 5.86. The first-order chi connectivity index (χ1) is 7.90. The standard InChI is InChI=1S/C11H12F2O3S/c1-7(11(14)15)5-17(16)6-8-4-9(12)2-3-10(8)13/h2-4,7H,5-6H2,1H3,(H,14,15). The molecule has 94 valence electrons. The summed E-state index contributed by atoms with van der Waals surface area (Å²) in [4.78, 5) is 10.5. The maximum Gasteiger partial charge on any atom is 0.307 e. The molecule has 0 amide bonds. The third-order valence-corrected chi connectivity index (χ3v) is 3.69. The zero-order valence-electron chi connectivity index (χ0n) is 9.15. The van der Waals surface area contributed by atoms with Crippen LogP contribution in [0.3, 0.4) is 0 Å². The zero-order chi connectivity index (χ0) is 13.0. The number of rotatable bonds is 5. The first-order valence-electron chi connectivity index (χ1n) is 4.92. The van der Waals surface area contributed by atoms with Crippen molar-refractivity contribution in [3.8, 4) is 0 Å². The van der Waals surface area contributed by atoms with Crippen LogP contribution in [0, 0.1) is 17.6 Å². The molecule has 0 bridgehead atoms. The highest BCUT2D eigenvalue weighted by atomic mass is 32.2. The monoisotopic (exact) mass is 262 g/mol. The summed E-state index contributed by atoms with van der Waals surface area (Å²) in [6, 6.07) is 2.91. The average Bonchev–Trinajstić information content (AvgIpc) is 2.23. The number of hydrogen-bond acceptors (Lipinski definition) is 2. The quantitative estimate of drug-likeness (QED) is 0.882. The van der Waals surface area contributed by atoms with E-state index in [0.717, 1.165) is 18.2 Å². The molecule has 0 aromatic heterocycles. The second-order valence-corrected chi connectivity index (χ2v) is 5.23. The van der Waals surface area contributed by atoms with Gasteiger partial charge in [-0.25, -0.2) is 8.78 Å². The van der Waals surface area contributed by atoms with Gasteiger partial charge in [0.15, 0.2) is 0 Å². The lowest BCUT2D eigenvalue weighted by Crippen LogP contribution is -2.18. The Balaban J connectivity index is 2.68. The van der Waals surface area contributed by atoms with Crippen LogP contribution in [0.25, 0.3) is 0 Å². The Morgan fingerprint density at radius 1 is 1.47 bits per heavy atom. The Kier molecular flexibility index (Phi) is 4.74. The van der Waals surface area contributed by atoms with E-state index in [1.54, 1.807) is 0 Å². The van der Waals surface area contributed by atoms with Crippen LogP contribution in [0.1, 0.15) is 12.5 Å². The summed E-state index contributed by atoms with van der Waals surface area (Å²) < 4.78 is 37.6. The van der Waals surface area contributed by atoms with Gasteiger partial charge >= 0.3 is 5.97 Å². The van der Waals surface area contributed by atoms with Crippen molar-refractivity contribution in [1.82, 2.24) is 0 Å². The maximum absolute atomic E-state index is 13.2. The van der Waals surface area contributed by atoms with Crippen LogP contribution in [0.15, 0.2) is 18.2 Å². The molecule has 1 aromatic carbocycles. The van der Waals surface area contributed by atoms with Crippen molar-refractivity contribution in [2.75, 3.05) is 5.75 Å². The van der Waals surface area contributed by atoms with Gasteiger partial charge in [0.05, 0.1) is 11.7 Å². The Hall–Kier alpha value is -1.30. The third-order valence-electron chi connectivity index (χ3n) is 2.18. The van der Waals surface area contributed by atoms with Gasteiger partial charge in [-0.3, -0.25) is 9.00 Å². The lowest BCUT2D eigenvalue weighted by molar-refractivity contribution is -0.140. The fourth-order valence-corrected chi connectivity index (χ4v) is 2.62. The summed E-state index contributed by atoms with van der Waals surface area (Å²) in [6.45, 7) is 1.42. The molecule has 2 unspecified atom stereocenters. The van der Waals surface area contributed by atoms with E-state index in [2.05, 4.69) is 0 Å². The van der Waals surface area contributed by atoms with Crippen molar-refractivity contribution in [2.24, 2.45) is 5.92 Å². The van der Waals surface area contributed by atoms with Crippen LogP contribution in [-0.4, -0.2) is 21.0 Å². The Morgan fingerprint density at radius 3 is 2.71 bits per heavy atom. The molecule has 0 heterocycles. The number of hydrogen-bond donors (Lipinski definition) is 1. The van der Waals surface area contributed by atoms with Crippen molar-refractivity contribution < 1.29 is 22.9 Å². The van der Waals surface area contributed by atoms with E-state index >= 15 is 0 Å². The molecule has 17 heavy (non-hydrogen) atoms. The second-order valence-electron chi connectivity index (χ2n) is 3.73. The SMILES string of the molecule is CC(CS(=O)Cc1cc(F)ccc1F)C(=O)O. The van der Waals surface area contributed by atoms with Gasteiger partial charge in [-0.2, -0.15) is 0 Å². The first kappa shape index (κ1) is 13.8. The summed E-state index contributed by atoms with van der Waals surface area (Å²) in [6.07, 6.45) is 0. The number of carbonyl (C=O) groups is 1. The molecule has 1 N–H and O–H groups in total. The van der Waals surface area contributed by atoms with Crippen molar-refractivity contribution in [2.45, 2.75) is 12.7 Å². The van der Waals surface area contributed by atoms with E-state index in [0.29, 0.717) is 0 Å². The van der Waals surface area contributed by atoms with E-state index in [1.165, 1.54) is 6.92 Å². The van der Waals surface area contributed by atoms with E-state index in [4.69, 9.17) is 5.11 Å². The van der Waals surface area contributed by atoms with Gasteiger partial charge in [-0.05, 0) is 18.2 Å². The molecule has 0 aliphatic carbocycles. The first-order valence-corrected chi connectivity index (χ1v) is 6.40. The summed E-state index contributed by atoms with van der Waals surface area (Å²) in [5.74, 6) is -3.33. The molecule has 0 saturated heterocycles. The van der Waals surface area contributed by atoms with Crippen molar-refractivity contribution >= 4 is 16.8 Å². The van der Waals surface area contributed by atoms with E-state index < -0.39 is 34.3 Å². The molecular weight excluding hydrogens is 250 g/mol. The largest absolute Gasteiger partial charge is 0.481 e. The van der Waals surface area contributed by atoms with Gasteiger partial charge in [-0.1, -0.05) is 6.92 Å². The molecule has 3 nitrogen and oxygen atoms in total. The molecular formula is C11H12F2O3S. The third kappa shape index (κ3) is 4.22. The predicted octanol–water partition coefficient (Wildman–Crippen LogP) is 1.93. The fourth-order valence-electron chi connectivity index (χ4n) is 1.24. The van der Waals surface area contributed by atoms with E-state index in [1.807, 2.05) is 0 Å². The molecule has 2 atom stereocenters. The number of halogens is 2. The predicted molar refractivity (Wildman–Crippen MR) is 59.9 cm³/mol. The lowest BCUT2D eigenvalue weighted by atomic mass is 10.2. The minimum absolute atomic E-state index is 0.000854. The van der Waals surface area contributed by atoms with Crippen LogP contribution in [0.5, 0.6) is 0 Å². The molecule has 0 fully saturated rings. The lowest BCUT2D eigenvalue weighted by Gasteiger charge is -2.07. The van der Waals surface area contributed by atoms with Crippen molar-refractivity contribution in [1.29, 1.82) is 0 Å². The van der Waals surface area contributed by atoms with E-state index in [9.17, 15) is 17.8 Å². The normalized spacial score (nSPS) is 14.3. The van der Waals surface area contributed by atoms with Gasteiger partial charge in [0.2, 0.25) is 0 Å². The van der Waals surface area contributed by atoms with Gasteiger partial charge in [0.25, 0.3) is 0 Å². The van der Waals surface area contributed by atoms with Crippen LogP contribution in [-0.2, 0) is 21.3 Å². The average molecular weight is 262 g/mol. The number of benzene rings is 1. The Labute approximate surface area is 99.9 Å². The van der Waals surface area contributed by atoms with Gasteiger partial charge in [0, 0.05) is 22.1 Å². The highest BCUT2D eigenvalue weighted by Crippen LogP contribution is 2.13. The number of aliphatic carboxylic acids is 1. The summed E-state index contributed by atoms with van der Waals surface area (Å²) in [5.41, 5.74) is 0.000854. The zero-order valence-corrected chi connectivity index (χ0v) is 9.97.